The van der Waals surface area contributed by atoms with Gasteiger partial charge in [-0.15, -0.1) is 11.8 Å². The van der Waals surface area contributed by atoms with E-state index in [4.69, 9.17) is 0 Å². The first-order chi connectivity index (χ1) is 12.0. The molecule has 6 nitrogen and oxygen atoms in total. The van der Waals surface area contributed by atoms with Crippen molar-refractivity contribution < 1.29 is 9.72 Å². The SMILES string of the molecule is CCNCc1cccc(NC(=O)C(C)Sc2ccc([N+](=O)[O-])cc2)c1. The van der Waals surface area contributed by atoms with E-state index in [1.165, 1.54) is 23.9 Å². The third kappa shape index (κ3) is 5.88. The lowest BCUT2D eigenvalue weighted by Crippen LogP contribution is -2.22. The molecule has 0 aromatic heterocycles. The normalized spacial score (nSPS) is 11.8. The molecule has 2 aromatic rings. The summed E-state index contributed by atoms with van der Waals surface area (Å²) in [5, 5.41) is 16.5. The maximum Gasteiger partial charge on any atom is 0.269 e. The van der Waals surface area contributed by atoms with Crippen LogP contribution in [0.15, 0.2) is 53.4 Å². The molecule has 0 saturated heterocycles. The van der Waals surface area contributed by atoms with Gasteiger partial charge < -0.3 is 10.6 Å². The number of non-ortho nitro benzene ring substituents is 1. The molecule has 1 amide bonds. The molecule has 1 unspecified atom stereocenters. The van der Waals surface area contributed by atoms with Crippen LogP contribution in [-0.2, 0) is 11.3 Å². The van der Waals surface area contributed by atoms with Crippen LogP contribution >= 0.6 is 11.8 Å². The molecule has 0 aliphatic heterocycles. The molecule has 132 valence electrons. The van der Waals surface area contributed by atoms with Crippen molar-refractivity contribution in [3.8, 4) is 0 Å². The number of nitrogens with zero attached hydrogens (tertiary/aromatic N) is 1. The van der Waals surface area contributed by atoms with Gasteiger partial charge in [0.1, 0.15) is 0 Å². The highest BCUT2D eigenvalue weighted by Gasteiger charge is 2.15. The van der Waals surface area contributed by atoms with Gasteiger partial charge in [0.05, 0.1) is 10.2 Å². The number of nitro groups is 1. The standard InChI is InChI=1S/C18H21N3O3S/c1-3-19-12-14-5-4-6-15(11-14)20-18(22)13(2)25-17-9-7-16(8-10-17)21(23)24/h4-11,13,19H,3,12H2,1-2H3,(H,20,22). The Bertz CT molecular complexity index is 735. The number of benzene rings is 2. The second-order valence-corrected chi connectivity index (χ2v) is 6.90. The first-order valence-corrected chi connectivity index (χ1v) is 8.89. The van der Waals surface area contributed by atoms with Crippen LogP contribution in [-0.4, -0.2) is 22.6 Å². The van der Waals surface area contributed by atoms with Crippen molar-refractivity contribution in [2.45, 2.75) is 30.5 Å². The van der Waals surface area contributed by atoms with Crippen LogP contribution in [0, 0.1) is 10.1 Å². The van der Waals surface area contributed by atoms with Crippen LogP contribution in [0.1, 0.15) is 19.4 Å². The quantitative estimate of drug-likeness (QED) is 0.425. The maximum atomic E-state index is 12.4. The summed E-state index contributed by atoms with van der Waals surface area (Å²) < 4.78 is 0. The Kier molecular flexibility index (Phi) is 6.97. The average molecular weight is 359 g/mol. The van der Waals surface area contributed by atoms with E-state index in [0.29, 0.717) is 0 Å². The van der Waals surface area contributed by atoms with Gasteiger partial charge in [0.2, 0.25) is 5.91 Å². The molecular formula is C18H21N3O3S. The van der Waals surface area contributed by atoms with Crippen molar-refractivity contribution in [2.75, 3.05) is 11.9 Å². The van der Waals surface area contributed by atoms with E-state index in [0.717, 1.165) is 29.2 Å². The topological polar surface area (TPSA) is 84.3 Å². The first-order valence-electron chi connectivity index (χ1n) is 8.01. The smallest absolute Gasteiger partial charge is 0.269 e. The summed E-state index contributed by atoms with van der Waals surface area (Å²) in [5.41, 5.74) is 1.91. The van der Waals surface area contributed by atoms with Gasteiger partial charge in [-0.3, -0.25) is 14.9 Å². The summed E-state index contributed by atoms with van der Waals surface area (Å²) in [6.07, 6.45) is 0. The summed E-state index contributed by atoms with van der Waals surface area (Å²) in [5.74, 6) is -0.107. The number of nitrogens with one attached hydrogen (secondary N) is 2. The highest BCUT2D eigenvalue weighted by molar-refractivity contribution is 8.00. The molecule has 2 N–H and O–H groups in total. The molecule has 0 aliphatic rings. The lowest BCUT2D eigenvalue weighted by atomic mass is 10.2. The zero-order chi connectivity index (χ0) is 18.2. The molecule has 0 heterocycles. The molecule has 0 bridgehead atoms. The third-order valence-corrected chi connectivity index (χ3v) is 4.62. The van der Waals surface area contributed by atoms with Crippen LogP contribution in [0.2, 0.25) is 0 Å². The molecule has 2 aromatic carbocycles. The molecule has 2 rings (SSSR count). The van der Waals surface area contributed by atoms with Crippen LogP contribution in [0.25, 0.3) is 0 Å². The maximum absolute atomic E-state index is 12.4. The zero-order valence-electron chi connectivity index (χ0n) is 14.2. The van der Waals surface area contributed by atoms with Crippen molar-refractivity contribution in [3.63, 3.8) is 0 Å². The summed E-state index contributed by atoms with van der Waals surface area (Å²) in [4.78, 5) is 23.4. The second kappa shape index (κ2) is 9.19. The number of hydrogen-bond donors (Lipinski definition) is 2. The Balaban J connectivity index is 1.94. The third-order valence-electron chi connectivity index (χ3n) is 3.50. The highest BCUT2D eigenvalue weighted by atomic mass is 32.2. The van der Waals surface area contributed by atoms with Crippen molar-refractivity contribution in [1.29, 1.82) is 0 Å². The predicted octanol–water partition coefficient (Wildman–Crippen LogP) is 3.82. The molecule has 7 heteroatoms. The molecule has 0 spiro atoms. The number of amides is 1. The fourth-order valence-electron chi connectivity index (χ4n) is 2.18. The first kappa shape index (κ1) is 19.0. The number of rotatable bonds is 8. The van der Waals surface area contributed by atoms with Crippen LogP contribution in [0.5, 0.6) is 0 Å². The van der Waals surface area contributed by atoms with Crippen LogP contribution in [0.4, 0.5) is 11.4 Å². The molecule has 0 radical (unpaired) electrons. The van der Waals surface area contributed by atoms with Crippen LogP contribution in [0.3, 0.4) is 0 Å². The highest BCUT2D eigenvalue weighted by Crippen LogP contribution is 2.26. The summed E-state index contributed by atoms with van der Waals surface area (Å²) in [6.45, 7) is 5.50. The summed E-state index contributed by atoms with van der Waals surface area (Å²) in [6, 6.07) is 13.9. The van der Waals surface area contributed by atoms with Crippen molar-refractivity contribution in [2.24, 2.45) is 0 Å². The predicted molar refractivity (Wildman–Crippen MR) is 101 cm³/mol. The van der Waals surface area contributed by atoms with Crippen molar-refractivity contribution in [1.82, 2.24) is 5.32 Å². The minimum atomic E-state index is -0.440. The average Bonchev–Trinajstić information content (AvgIpc) is 2.60. The van der Waals surface area contributed by atoms with E-state index in [2.05, 4.69) is 10.6 Å². The van der Waals surface area contributed by atoms with Crippen LogP contribution < -0.4 is 10.6 Å². The van der Waals surface area contributed by atoms with E-state index in [1.807, 2.05) is 38.1 Å². The van der Waals surface area contributed by atoms with Gasteiger partial charge in [0.15, 0.2) is 0 Å². The van der Waals surface area contributed by atoms with Gasteiger partial charge in [-0.05, 0) is 43.3 Å². The van der Waals surface area contributed by atoms with Gasteiger partial charge >= 0.3 is 0 Å². The van der Waals surface area contributed by atoms with E-state index in [1.54, 1.807) is 12.1 Å². The van der Waals surface area contributed by atoms with Crippen molar-refractivity contribution >= 4 is 29.0 Å². The number of thioether (sulfide) groups is 1. The van der Waals surface area contributed by atoms with E-state index in [-0.39, 0.29) is 16.8 Å². The van der Waals surface area contributed by atoms with E-state index >= 15 is 0 Å². The minimum absolute atomic E-state index is 0.0407. The monoisotopic (exact) mass is 359 g/mol. The zero-order valence-corrected chi connectivity index (χ0v) is 15.0. The number of nitro benzene ring substituents is 1. The molecule has 25 heavy (non-hydrogen) atoms. The Hall–Kier alpha value is -2.38. The summed E-state index contributed by atoms with van der Waals surface area (Å²) in [7, 11) is 0. The van der Waals surface area contributed by atoms with Gasteiger partial charge in [-0.25, -0.2) is 0 Å². The van der Waals surface area contributed by atoms with Crippen molar-refractivity contribution in [3.05, 3.63) is 64.2 Å². The molecule has 1 atom stereocenters. The fraction of sp³-hybridized carbons (Fsp3) is 0.278. The molecule has 0 fully saturated rings. The molecule has 0 aliphatic carbocycles. The molecule has 0 saturated carbocycles. The fourth-order valence-corrected chi connectivity index (χ4v) is 3.04. The van der Waals surface area contributed by atoms with Gasteiger partial charge in [0, 0.05) is 29.3 Å². The Morgan fingerprint density at radius 2 is 1.96 bits per heavy atom. The number of anilines is 1. The van der Waals surface area contributed by atoms with Gasteiger partial charge in [-0.2, -0.15) is 0 Å². The molecular weight excluding hydrogens is 338 g/mol. The summed E-state index contributed by atoms with van der Waals surface area (Å²) >= 11 is 1.36. The van der Waals surface area contributed by atoms with E-state index < -0.39 is 4.92 Å². The van der Waals surface area contributed by atoms with E-state index in [9.17, 15) is 14.9 Å². The second-order valence-electron chi connectivity index (χ2n) is 5.48. The lowest BCUT2D eigenvalue weighted by Gasteiger charge is -2.13. The minimum Gasteiger partial charge on any atom is -0.325 e. The largest absolute Gasteiger partial charge is 0.325 e. The van der Waals surface area contributed by atoms with Gasteiger partial charge in [0.25, 0.3) is 5.69 Å². The number of hydrogen-bond acceptors (Lipinski definition) is 5. The Morgan fingerprint density at radius 3 is 2.60 bits per heavy atom. The Morgan fingerprint density at radius 1 is 1.24 bits per heavy atom. The van der Waals surface area contributed by atoms with Gasteiger partial charge in [-0.1, -0.05) is 19.1 Å². The number of carbonyl (C=O) groups is 1. The number of carbonyl (C=O) groups excluding carboxylic acids is 1. The Labute approximate surface area is 151 Å². The lowest BCUT2D eigenvalue weighted by molar-refractivity contribution is -0.384.